The Hall–Kier alpha value is -2.09. The molecule has 0 heterocycles. The maximum Gasteiger partial charge on any atom is 0.418 e. The average Bonchev–Trinajstić information content (AvgIpc) is 2.28. The van der Waals surface area contributed by atoms with Crippen molar-refractivity contribution in [2.75, 3.05) is 0 Å². The number of hydrogen-bond donors (Lipinski definition) is 3. The van der Waals surface area contributed by atoms with Crippen LogP contribution in [0.4, 0.5) is 13.2 Å². The molecule has 0 saturated carbocycles. The lowest BCUT2D eigenvalue weighted by Crippen LogP contribution is -2.65. The second-order valence-corrected chi connectivity index (χ2v) is 3.85. The topological polar surface area (TPSA) is 101 Å². The van der Waals surface area contributed by atoms with E-state index in [1.165, 1.54) is 18.2 Å². The minimum atomic E-state index is -5.42. The van der Waals surface area contributed by atoms with Gasteiger partial charge in [-0.05, 0) is 5.56 Å². The van der Waals surface area contributed by atoms with Crippen LogP contribution in [0.25, 0.3) is 0 Å². The number of carboxylic acids is 2. The van der Waals surface area contributed by atoms with Gasteiger partial charge in [0.1, 0.15) is 5.92 Å². The van der Waals surface area contributed by atoms with Gasteiger partial charge >= 0.3 is 18.1 Å². The quantitative estimate of drug-likeness (QED) is 0.767. The van der Waals surface area contributed by atoms with Crippen molar-refractivity contribution in [1.82, 2.24) is 0 Å². The number of alkyl halides is 3. The van der Waals surface area contributed by atoms with Crippen LogP contribution in [0.2, 0.25) is 0 Å². The minimum Gasteiger partial charge on any atom is -0.481 e. The Morgan fingerprint density at radius 2 is 1.58 bits per heavy atom. The smallest absolute Gasteiger partial charge is 0.418 e. The number of aliphatic carboxylic acids is 2. The highest BCUT2D eigenvalue weighted by molar-refractivity contribution is 5.91. The van der Waals surface area contributed by atoms with Crippen LogP contribution >= 0.6 is 0 Å². The summed E-state index contributed by atoms with van der Waals surface area (Å²) < 4.78 is 38.6. The standard InChI is InChI=1S/C11H10F3NO4/c12-11(13,14)10(15,9(18)19)7(8(16)17)6-4-2-1-3-5-6/h1-5,7H,15H2,(H,16,17)(H,18,19). The molecule has 0 aliphatic carbocycles. The number of halogens is 3. The van der Waals surface area contributed by atoms with Gasteiger partial charge < -0.3 is 15.9 Å². The van der Waals surface area contributed by atoms with E-state index in [0.717, 1.165) is 12.1 Å². The Morgan fingerprint density at radius 1 is 1.11 bits per heavy atom. The zero-order valence-electron chi connectivity index (χ0n) is 9.39. The summed E-state index contributed by atoms with van der Waals surface area (Å²) in [4.78, 5) is 21.9. The molecule has 1 rings (SSSR count). The molecule has 0 aliphatic rings. The third-order valence-corrected chi connectivity index (χ3v) is 2.66. The van der Waals surface area contributed by atoms with E-state index in [4.69, 9.17) is 15.9 Å². The third kappa shape index (κ3) is 2.53. The van der Waals surface area contributed by atoms with Crippen molar-refractivity contribution < 1.29 is 33.0 Å². The predicted octanol–water partition coefficient (Wildman–Crippen LogP) is 1.20. The number of benzene rings is 1. The highest BCUT2D eigenvalue weighted by atomic mass is 19.4. The van der Waals surface area contributed by atoms with E-state index in [1.54, 1.807) is 0 Å². The molecule has 0 amide bonds. The van der Waals surface area contributed by atoms with Gasteiger partial charge in [-0.1, -0.05) is 30.3 Å². The third-order valence-electron chi connectivity index (χ3n) is 2.66. The van der Waals surface area contributed by atoms with Gasteiger partial charge in [0.25, 0.3) is 0 Å². The van der Waals surface area contributed by atoms with Crippen LogP contribution in [0.1, 0.15) is 11.5 Å². The summed E-state index contributed by atoms with van der Waals surface area (Å²) in [6, 6.07) is 6.20. The van der Waals surface area contributed by atoms with E-state index in [1.807, 2.05) is 0 Å². The van der Waals surface area contributed by atoms with Crippen LogP contribution in [0.15, 0.2) is 30.3 Å². The van der Waals surface area contributed by atoms with Gasteiger partial charge in [0.2, 0.25) is 5.54 Å². The normalized spacial score (nSPS) is 16.4. The number of hydrogen-bond acceptors (Lipinski definition) is 3. The predicted molar refractivity (Wildman–Crippen MR) is 57.4 cm³/mol. The number of nitrogens with two attached hydrogens (primary N) is 1. The van der Waals surface area contributed by atoms with Crippen LogP contribution in [-0.2, 0) is 9.59 Å². The molecule has 2 atom stereocenters. The highest BCUT2D eigenvalue weighted by Gasteiger charge is 2.65. The van der Waals surface area contributed by atoms with Crippen LogP contribution < -0.4 is 5.73 Å². The SMILES string of the molecule is NC(C(=O)O)(C(C(=O)O)c1ccccc1)C(F)(F)F. The van der Waals surface area contributed by atoms with E-state index in [-0.39, 0.29) is 5.56 Å². The molecule has 0 aromatic heterocycles. The van der Waals surface area contributed by atoms with Gasteiger partial charge in [0.05, 0.1) is 0 Å². The Bertz CT molecular complexity index is 488. The fourth-order valence-electron chi connectivity index (χ4n) is 1.65. The summed E-state index contributed by atoms with van der Waals surface area (Å²) in [6.45, 7) is 0. The molecule has 8 heteroatoms. The first kappa shape index (κ1) is 15.0. The molecule has 0 fully saturated rings. The summed E-state index contributed by atoms with van der Waals surface area (Å²) >= 11 is 0. The highest BCUT2D eigenvalue weighted by Crippen LogP contribution is 2.40. The maximum absolute atomic E-state index is 12.9. The summed E-state index contributed by atoms with van der Waals surface area (Å²) in [6.07, 6.45) is -5.42. The molecule has 19 heavy (non-hydrogen) atoms. The molecule has 1 aromatic rings. The Morgan fingerprint density at radius 3 is 1.89 bits per heavy atom. The molecule has 104 valence electrons. The van der Waals surface area contributed by atoms with E-state index in [9.17, 15) is 22.8 Å². The summed E-state index contributed by atoms with van der Waals surface area (Å²) in [5, 5.41) is 17.7. The van der Waals surface area contributed by atoms with E-state index in [0.29, 0.717) is 0 Å². The number of rotatable bonds is 4. The minimum absolute atomic E-state index is 0.336. The van der Waals surface area contributed by atoms with Crippen molar-refractivity contribution in [2.45, 2.75) is 17.6 Å². The second-order valence-electron chi connectivity index (χ2n) is 3.85. The van der Waals surface area contributed by atoms with Crippen molar-refractivity contribution in [3.05, 3.63) is 35.9 Å². The molecule has 5 nitrogen and oxygen atoms in total. The van der Waals surface area contributed by atoms with Crippen molar-refractivity contribution in [3.63, 3.8) is 0 Å². The van der Waals surface area contributed by atoms with Crippen molar-refractivity contribution in [3.8, 4) is 0 Å². The molecular formula is C11H10F3NO4. The molecule has 2 unspecified atom stereocenters. The fraction of sp³-hybridized carbons (Fsp3) is 0.273. The lowest BCUT2D eigenvalue weighted by atomic mass is 9.79. The Kier molecular flexibility index (Phi) is 3.85. The van der Waals surface area contributed by atoms with Gasteiger partial charge in [0.15, 0.2) is 0 Å². The van der Waals surface area contributed by atoms with Crippen molar-refractivity contribution >= 4 is 11.9 Å². The lowest BCUT2D eigenvalue weighted by molar-refractivity contribution is -0.210. The largest absolute Gasteiger partial charge is 0.481 e. The van der Waals surface area contributed by atoms with Gasteiger partial charge in [-0.2, -0.15) is 13.2 Å². The van der Waals surface area contributed by atoms with Gasteiger partial charge in [-0.3, -0.25) is 4.79 Å². The zero-order valence-corrected chi connectivity index (χ0v) is 9.39. The lowest BCUT2D eigenvalue weighted by Gasteiger charge is -2.32. The van der Waals surface area contributed by atoms with Gasteiger partial charge in [-0.25, -0.2) is 4.79 Å². The van der Waals surface area contributed by atoms with Gasteiger partial charge in [-0.15, -0.1) is 0 Å². The van der Waals surface area contributed by atoms with E-state index in [2.05, 4.69) is 0 Å². The number of carboxylic acid groups (broad SMARTS) is 2. The van der Waals surface area contributed by atoms with Crippen LogP contribution in [0.3, 0.4) is 0 Å². The van der Waals surface area contributed by atoms with E-state index >= 15 is 0 Å². The Labute approximate surface area is 105 Å². The molecule has 0 saturated heterocycles. The van der Waals surface area contributed by atoms with Crippen molar-refractivity contribution in [1.29, 1.82) is 0 Å². The molecule has 4 N–H and O–H groups in total. The van der Waals surface area contributed by atoms with E-state index < -0.39 is 29.6 Å². The molecular weight excluding hydrogens is 267 g/mol. The maximum atomic E-state index is 12.9. The molecule has 0 radical (unpaired) electrons. The Balaban J connectivity index is 3.48. The average molecular weight is 277 g/mol. The first-order valence-corrected chi connectivity index (χ1v) is 4.99. The van der Waals surface area contributed by atoms with Gasteiger partial charge in [0, 0.05) is 0 Å². The van der Waals surface area contributed by atoms with Crippen LogP contribution in [0, 0.1) is 0 Å². The first-order valence-electron chi connectivity index (χ1n) is 4.99. The summed E-state index contributed by atoms with van der Waals surface area (Å²) in [5.41, 5.74) is 0.651. The zero-order chi connectivity index (χ0) is 14.8. The van der Waals surface area contributed by atoms with Crippen molar-refractivity contribution in [2.24, 2.45) is 5.73 Å². The van der Waals surface area contributed by atoms with Crippen LogP contribution in [-0.4, -0.2) is 33.9 Å². The molecule has 1 aromatic carbocycles. The summed E-state index contributed by atoms with van der Waals surface area (Å²) in [7, 11) is 0. The summed E-state index contributed by atoms with van der Waals surface area (Å²) in [5.74, 6) is -6.85. The first-order chi connectivity index (χ1) is 8.62. The monoisotopic (exact) mass is 277 g/mol. The second kappa shape index (κ2) is 4.88. The number of carbonyl (C=O) groups is 2. The molecule has 0 spiro atoms. The van der Waals surface area contributed by atoms with Crippen LogP contribution in [0.5, 0.6) is 0 Å². The fourth-order valence-corrected chi connectivity index (χ4v) is 1.65. The molecule has 0 aliphatic heterocycles. The molecule has 0 bridgehead atoms.